The minimum absolute atomic E-state index is 0.0420. The Morgan fingerprint density at radius 3 is 2.30 bits per heavy atom. The largest absolute Gasteiger partial charge is 0.435 e. The van der Waals surface area contributed by atoms with Crippen molar-refractivity contribution in [2.45, 2.75) is 13.0 Å². The summed E-state index contributed by atoms with van der Waals surface area (Å²) < 4.78 is 54.9. The Morgan fingerprint density at radius 1 is 1.04 bits per heavy atom. The lowest BCUT2D eigenvalue weighted by atomic mass is 10.1. The highest BCUT2D eigenvalue weighted by molar-refractivity contribution is 9.10. The highest BCUT2D eigenvalue weighted by atomic mass is 79.9. The molecule has 0 aromatic heterocycles. The van der Waals surface area contributed by atoms with Crippen molar-refractivity contribution in [3.8, 4) is 17.6 Å². The van der Waals surface area contributed by atoms with Gasteiger partial charge in [0.1, 0.15) is 11.6 Å². The van der Waals surface area contributed by atoms with Crippen molar-refractivity contribution in [2.24, 2.45) is 0 Å². The van der Waals surface area contributed by atoms with Crippen LogP contribution in [0.15, 0.2) is 40.9 Å². The second kappa shape index (κ2) is 8.02. The third-order valence-corrected chi connectivity index (χ3v) is 3.52. The number of benzene rings is 2. The standard InChI is InChI=1S/C17H11BrF4O/c18-14-10-12(3-5-15(14)20)2-1-11-4-6-16(23-17(21)22)13(9-11)7-8-19/h3-6,9-10,17H,7-8H2. The van der Waals surface area contributed by atoms with Crippen molar-refractivity contribution >= 4 is 15.9 Å². The molecule has 0 heterocycles. The number of hydrogen-bond donors (Lipinski definition) is 0. The van der Waals surface area contributed by atoms with Crippen LogP contribution in [0.3, 0.4) is 0 Å². The summed E-state index contributed by atoms with van der Waals surface area (Å²) in [6.07, 6.45) is -0.0420. The smallest absolute Gasteiger partial charge is 0.387 e. The maximum Gasteiger partial charge on any atom is 0.387 e. The van der Waals surface area contributed by atoms with Crippen molar-refractivity contribution in [1.82, 2.24) is 0 Å². The van der Waals surface area contributed by atoms with Crippen LogP contribution >= 0.6 is 15.9 Å². The van der Waals surface area contributed by atoms with E-state index >= 15 is 0 Å². The van der Waals surface area contributed by atoms with Crippen LogP contribution in [0, 0.1) is 17.7 Å². The molecule has 0 N–H and O–H groups in total. The summed E-state index contributed by atoms with van der Waals surface area (Å²) in [6, 6.07) is 8.67. The summed E-state index contributed by atoms with van der Waals surface area (Å²) in [6.45, 7) is -3.66. The predicted octanol–water partition coefficient (Wildman–Crippen LogP) is 5.10. The van der Waals surface area contributed by atoms with E-state index in [2.05, 4.69) is 32.5 Å². The van der Waals surface area contributed by atoms with Crippen molar-refractivity contribution in [3.63, 3.8) is 0 Å². The maximum absolute atomic E-state index is 13.1. The van der Waals surface area contributed by atoms with Gasteiger partial charge in [-0.05, 0) is 57.9 Å². The van der Waals surface area contributed by atoms with Crippen molar-refractivity contribution < 1.29 is 22.3 Å². The predicted molar refractivity (Wildman–Crippen MR) is 82.8 cm³/mol. The van der Waals surface area contributed by atoms with E-state index in [0.717, 1.165) is 0 Å². The zero-order valence-electron chi connectivity index (χ0n) is 11.8. The number of halogens is 5. The average molecular weight is 387 g/mol. The third-order valence-electron chi connectivity index (χ3n) is 2.91. The van der Waals surface area contributed by atoms with Crippen LogP contribution in [0.2, 0.25) is 0 Å². The van der Waals surface area contributed by atoms with Crippen LogP contribution in [0.4, 0.5) is 17.6 Å². The molecular weight excluding hydrogens is 376 g/mol. The molecule has 0 unspecified atom stereocenters. The quantitative estimate of drug-likeness (QED) is 0.524. The Balaban J connectivity index is 2.28. The number of aryl methyl sites for hydroxylation is 1. The first kappa shape index (κ1) is 17.4. The fourth-order valence-corrected chi connectivity index (χ4v) is 2.26. The lowest BCUT2D eigenvalue weighted by Crippen LogP contribution is -2.05. The molecule has 0 saturated heterocycles. The first-order chi connectivity index (χ1) is 11.0. The van der Waals surface area contributed by atoms with Gasteiger partial charge in [0.25, 0.3) is 0 Å². The summed E-state index contributed by atoms with van der Waals surface area (Å²) >= 11 is 3.06. The van der Waals surface area contributed by atoms with Crippen LogP contribution in [-0.4, -0.2) is 13.3 Å². The van der Waals surface area contributed by atoms with Crippen LogP contribution in [-0.2, 0) is 6.42 Å². The SMILES string of the molecule is FCCc1cc(C#Cc2ccc(F)c(Br)c2)ccc1OC(F)F. The van der Waals surface area contributed by atoms with E-state index < -0.39 is 19.1 Å². The second-order valence-corrected chi connectivity index (χ2v) is 5.37. The average Bonchev–Trinajstić information content (AvgIpc) is 2.50. The Morgan fingerprint density at radius 2 is 1.70 bits per heavy atom. The molecule has 0 radical (unpaired) electrons. The third kappa shape index (κ3) is 5.00. The number of hydrogen-bond acceptors (Lipinski definition) is 1. The lowest BCUT2D eigenvalue weighted by molar-refractivity contribution is -0.0504. The molecule has 23 heavy (non-hydrogen) atoms. The zero-order valence-corrected chi connectivity index (χ0v) is 13.3. The van der Waals surface area contributed by atoms with E-state index in [9.17, 15) is 17.6 Å². The summed E-state index contributed by atoms with van der Waals surface area (Å²) in [4.78, 5) is 0. The minimum Gasteiger partial charge on any atom is -0.435 e. The van der Waals surface area contributed by atoms with Crippen LogP contribution < -0.4 is 4.74 Å². The van der Waals surface area contributed by atoms with Crippen molar-refractivity contribution in [3.05, 3.63) is 63.4 Å². The van der Waals surface area contributed by atoms with Gasteiger partial charge in [0.05, 0.1) is 11.1 Å². The lowest BCUT2D eigenvalue weighted by Gasteiger charge is -2.09. The van der Waals surface area contributed by atoms with Gasteiger partial charge in [-0.1, -0.05) is 11.8 Å². The molecule has 0 aliphatic rings. The van der Waals surface area contributed by atoms with Gasteiger partial charge in [0, 0.05) is 17.5 Å². The van der Waals surface area contributed by atoms with Gasteiger partial charge in [-0.15, -0.1) is 0 Å². The molecule has 2 aromatic rings. The fourth-order valence-electron chi connectivity index (χ4n) is 1.88. The Kier molecular flexibility index (Phi) is 6.05. The van der Waals surface area contributed by atoms with Crippen LogP contribution in [0.25, 0.3) is 0 Å². The Bertz CT molecular complexity index is 750. The first-order valence-corrected chi connectivity index (χ1v) is 7.39. The van der Waals surface area contributed by atoms with E-state index in [1.54, 1.807) is 0 Å². The fraction of sp³-hybridized carbons (Fsp3) is 0.176. The van der Waals surface area contributed by atoms with Gasteiger partial charge in [0.15, 0.2) is 0 Å². The number of rotatable bonds is 4. The molecule has 1 nitrogen and oxygen atoms in total. The van der Waals surface area contributed by atoms with Gasteiger partial charge in [-0.25, -0.2) is 4.39 Å². The molecular formula is C17H11BrF4O. The minimum atomic E-state index is -2.97. The van der Waals surface area contributed by atoms with Crippen LogP contribution in [0.1, 0.15) is 16.7 Å². The Labute approximate surface area is 139 Å². The normalized spacial score (nSPS) is 10.3. The summed E-state index contributed by atoms with van der Waals surface area (Å²) in [5, 5.41) is 0. The first-order valence-electron chi connectivity index (χ1n) is 6.60. The molecule has 0 spiro atoms. The number of ether oxygens (including phenoxy) is 1. The molecule has 0 aliphatic carbocycles. The molecule has 2 aromatic carbocycles. The molecule has 2 rings (SSSR count). The monoisotopic (exact) mass is 386 g/mol. The molecule has 0 bridgehead atoms. The van der Waals surface area contributed by atoms with E-state index in [0.29, 0.717) is 21.2 Å². The highest BCUT2D eigenvalue weighted by Crippen LogP contribution is 2.23. The molecule has 0 atom stereocenters. The van der Waals surface area contributed by atoms with Gasteiger partial charge in [-0.2, -0.15) is 8.78 Å². The van der Waals surface area contributed by atoms with Gasteiger partial charge >= 0.3 is 6.61 Å². The van der Waals surface area contributed by atoms with E-state index in [1.807, 2.05) is 0 Å². The van der Waals surface area contributed by atoms with Gasteiger partial charge < -0.3 is 4.74 Å². The summed E-state index contributed by atoms with van der Waals surface area (Å²) in [7, 11) is 0. The van der Waals surface area contributed by atoms with Gasteiger partial charge in [0.2, 0.25) is 0 Å². The van der Waals surface area contributed by atoms with E-state index in [1.165, 1.54) is 36.4 Å². The summed E-state index contributed by atoms with van der Waals surface area (Å²) in [5.41, 5.74) is 1.42. The number of alkyl halides is 3. The van der Waals surface area contributed by atoms with Crippen molar-refractivity contribution in [2.75, 3.05) is 6.67 Å². The molecule has 120 valence electrons. The molecule has 0 fully saturated rings. The zero-order chi connectivity index (χ0) is 16.8. The van der Waals surface area contributed by atoms with E-state index in [-0.39, 0.29) is 12.2 Å². The van der Waals surface area contributed by atoms with Crippen LogP contribution in [0.5, 0.6) is 5.75 Å². The molecule has 6 heteroatoms. The molecule has 0 saturated carbocycles. The second-order valence-electron chi connectivity index (χ2n) is 4.52. The van der Waals surface area contributed by atoms with E-state index in [4.69, 9.17) is 0 Å². The van der Waals surface area contributed by atoms with Gasteiger partial charge in [-0.3, -0.25) is 4.39 Å². The Hall–Kier alpha value is -2.00. The van der Waals surface area contributed by atoms with Crippen molar-refractivity contribution in [1.29, 1.82) is 0 Å². The summed E-state index contributed by atoms with van der Waals surface area (Å²) in [5.74, 6) is 5.20. The molecule has 0 amide bonds. The highest BCUT2D eigenvalue weighted by Gasteiger charge is 2.10. The molecule has 0 aliphatic heterocycles. The maximum atomic E-state index is 13.1. The topological polar surface area (TPSA) is 9.23 Å².